The molecule has 1 atom stereocenters. The molecule has 2 fully saturated rings. The number of aliphatic carboxylic acids is 1. The van der Waals surface area contributed by atoms with E-state index in [1.54, 1.807) is 0 Å². The van der Waals surface area contributed by atoms with Gasteiger partial charge in [0.25, 0.3) is 0 Å². The lowest BCUT2D eigenvalue weighted by atomic mass is 9.93. The number of nitrogens with one attached hydrogen (secondary N) is 2. The van der Waals surface area contributed by atoms with Crippen molar-refractivity contribution in [3.05, 3.63) is 0 Å². The molecule has 0 aromatic heterocycles. The summed E-state index contributed by atoms with van der Waals surface area (Å²) in [4.78, 5) is 25.5. The predicted molar refractivity (Wildman–Crippen MR) is 80.3 cm³/mol. The zero-order valence-electron chi connectivity index (χ0n) is 12.9. The van der Waals surface area contributed by atoms with Gasteiger partial charge in [0.05, 0.1) is 12.0 Å². The van der Waals surface area contributed by atoms with Gasteiger partial charge in [-0.3, -0.25) is 4.79 Å². The van der Waals surface area contributed by atoms with Gasteiger partial charge in [0.2, 0.25) is 0 Å². The number of rotatable bonds is 6. The third-order valence-electron chi connectivity index (χ3n) is 4.54. The van der Waals surface area contributed by atoms with Gasteiger partial charge in [0.1, 0.15) is 0 Å². The van der Waals surface area contributed by atoms with E-state index < -0.39 is 11.5 Å². The van der Waals surface area contributed by atoms with E-state index in [4.69, 9.17) is 5.11 Å². The number of nitrogens with zero attached hydrogens (tertiary/aromatic N) is 1. The van der Waals surface area contributed by atoms with Crippen LogP contribution >= 0.6 is 0 Å². The quantitative estimate of drug-likeness (QED) is 0.695. The standard InChI is InChI=1S/C15H27N3O3/c1-12(11-18-8-4-5-9-18)16-14(21)17-15(10-13(19)20)6-2-3-7-15/h12H,2-11H2,1H3,(H,19,20)(H2,16,17,21). The van der Waals surface area contributed by atoms with E-state index in [1.165, 1.54) is 12.8 Å². The van der Waals surface area contributed by atoms with Crippen LogP contribution in [0.15, 0.2) is 0 Å². The number of carboxylic acids is 1. The van der Waals surface area contributed by atoms with Crippen LogP contribution in [0.1, 0.15) is 51.9 Å². The van der Waals surface area contributed by atoms with Crippen molar-refractivity contribution in [3.8, 4) is 0 Å². The molecule has 0 aromatic rings. The summed E-state index contributed by atoms with van der Waals surface area (Å²) >= 11 is 0. The van der Waals surface area contributed by atoms with Crippen molar-refractivity contribution in [1.82, 2.24) is 15.5 Å². The molecule has 6 nitrogen and oxygen atoms in total. The Morgan fingerprint density at radius 3 is 2.38 bits per heavy atom. The van der Waals surface area contributed by atoms with E-state index in [1.807, 2.05) is 6.92 Å². The molecule has 0 aromatic carbocycles. The first-order valence-corrected chi connectivity index (χ1v) is 8.02. The Balaban J connectivity index is 1.80. The van der Waals surface area contributed by atoms with Crippen LogP contribution in [-0.4, -0.2) is 53.2 Å². The number of likely N-dealkylation sites (tertiary alicyclic amines) is 1. The van der Waals surface area contributed by atoms with Crippen LogP contribution in [0.4, 0.5) is 4.79 Å². The lowest BCUT2D eigenvalue weighted by Crippen LogP contribution is -2.54. The second-order valence-corrected chi connectivity index (χ2v) is 6.57. The van der Waals surface area contributed by atoms with Crippen molar-refractivity contribution >= 4 is 12.0 Å². The van der Waals surface area contributed by atoms with Gasteiger partial charge in [-0.1, -0.05) is 12.8 Å². The summed E-state index contributed by atoms with van der Waals surface area (Å²) in [6.45, 7) is 5.07. The Bertz CT molecular complexity index is 374. The van der Waals surface area contributed by atoms with Crippen molar-refractivity contribution in [1.29, 1.82) is 0 Å². The molecule has 1 aliphatic carbocycles. The van der Waals surface area contributed by atoms with Gasteiger partial charge in [-0.25, -0.2) is 4.79 Å². The molecule has 0 bridgehead atoms. The van der Waals surface area contributed by atoms with E-state index >= 15 is 0 Å². The van der Waals surface area contributed by atoms with E-state index in [0.717, 1.165) is 45.3 Å². The molecule has 2 rings (SSSR count). The van der Waals surface area contributed by atoms with Gasteiger partial charge in [0, 0.05) is 12.6 Å². The van der Waals surface area contributed by atoms with E-state index in [9.17, 15) is 9.59 Å². The molecule has 1 saturated carbocycles. The number of hydrogen-bond donors (Lipinski definition) is 3. The zero-order chi connectivity index (χ0) is 15.3. The lowest BCUT2D eigenvalue weighted by molar-refractivity contribution is -0.138. The van der Waals surface area contributed by atoms with Crippen LogP contribution in [0.5, 0.6) is 0 Å². The highest BCUT2D eigenvalue weighted by Crippen LogP contribution is 2.32. The summed E-state index contributed by atoms with van der Waals surface area (Å²) < 4.78 is 0. The van der Waals surface area contributed by atoms with E-state index in [0.29, 0.717) is 0 Å². The monoisotopic (exact) mass is 297 g/mol. The van der Waals surface area contributed by atoms with Gasteiger partial charge in [-0.05, 0) is 45.7 Å². The first kappa shape index (κ1) is 16.1. The molecule has 2 amide bonds. The maximum Gasteiger partial charge on any atom is 0.315 e. The molecule has 1 heterocycles. The third-order valence-corrected chi connectivity index (χ3v) is 4.54. The number of carboxylic acid groups (broad SMARTS) is 1. The van der Waals surface area contributed by atoms with Crippen LogP contribution < -0.4 is 10.6 Å². The SMILES string of the molecule is CC(CN1CCCC1)NC(=O)NC1(CC(=O)O)CCCC1. The lowest BCUT2D eigenvalue weighted by Gasteiger charge is -2.30. The summed E-state index contributed by atoms with van der Waals surface area (Å²) in [5.41, 5.74) is -0.552. The largest absolute Gasteiger partial charge is 0.481 e. The normalized spacial score (nSPS) is 22.9. The first-order chi connectivity index (χ1) is 9.99. The van der Waals surface area contributed by atoms with Crippen LogP contribution in [0.2, 0.25) is 0 Å². The molecule has 3 N–H and O–H groups in total. The smallest absolute Gasteiger partial charge is 0.315 e. The number of carbonyl (C=O) groups excluding carboxylic acids is 1. The summed E-state index contributed by atoms with van der Waals surface area (Å²) in [5, 5.41) is 14.9. The number of urea groups is 1. The zero-order valence-corrected chi connectivity index (χ0v) is 12.9. The maximum absolute atomic E-state index is 12.1. The van der Waals surface area contributed by atoms with Gasteiger partial charge in [0.15, 0.2) is 0 Å². The Hall–Kier alpha value is -1.30. The average molecular weight is 297 g/mol. The molecule has 6 heteroatoms. The molecule has 21 heavy (non-hydrogen) atoms. The molecule has 1 unspecified atom stereocenters. The van der Waals surface area contributed by atoms with Crippen LogP contribution in [0.25, 0.3) is 0 Å². The van der Waals surface area contributed by atoms with Crippen molar-refractivity contribution < 1.29 is 14.7 Å². The Labute approximate surface area is 126 Å². The van der Waals surface area contributed by atoms with Crippen LogP contribution in [-0.2, 0) is 4.79 Å². The number of hydrogen-bond acceptors (Lipinski definition) is 3. The second-order valence-electron chi connectivity index (χ2n) is 6.57. The Morgan fingerprint density at radius 1 is 1.19 bits per heavy atom. The molecule has 1 aliphatic heterocycles. The minimum atomic E-state index is -0.845. The fraction of sp³-hybridized carbons (Fsp3) is 0.867. The highest BCUT2D eigenvalue weighted by molar-refractivity contribution is 5.77. The molecule has 0 radical (unpaired) electrons. The first-order valence-electron chi connectivity index (χ1n) is 8.02. The topological polar surface area (TPSA) is 81.7 Å². The van der Waals surface area contributed by atoms with Crippen molar-refractivity contribution in [2.24, 2.45) is 0 Å². The minimum Gasteiger partial charge on any atom is -0.481 e. The molecular formula is C15H27N3O3. The molecule has 120 valence electrons. The molecule has 0 spiro atoms. The minimum absolute atomic E-state index is 0.0148. The van der Waals surface area contributed by atoms with Crippen molar-refractivity contribution in [2.45, 2.75) is 63.5 Å². The summed E-state index contributed by atoms with van der Waals surface area (Å²) in [5.74, 6) is -0.845. The van der Waals surface area contributed by atoms with Crippen LogP contribution in [0, 0.1) is 0 Å². The van der Waals surface area contributed by atoms with Gasteiger partial charge in [-0.15, -0.1) is 0 Å². The van der Waals surface area contributed by atoms with Crippen LogP contribution in [0.3, 0.4) is 0 Å². The van der Waals surface area contributed by atoms with Gasteiger partial charge >= 0.3 is 12.0 Å². The van der Waals surface area contributed by atoms with E-state index in [-0.39, 0.29) is 18.5 Å². The predicted octanol–water partition coefficient (Wildman–Crippen LogP) is 1.56. The summed E-state index contributed by atoms with van der Waals surface area (Å²) in [7, 11) is 0. The highest BCUT2D eigenvalue weighted by atomic mass is 16.4. The Morgan fingerprint density at radius 2 is 1.81 bits per heavy atom. The Kier molecular flexibility index (Phi) is 5.45. The van der Waals surface area contributed by atoms with E-state index in [2.05, 4.69) is 15.5 Å². The summed E-state index contributed by atoms with van der Waals surface area (Å²) in [6.07, 6.45) is 5.97. The third kappa shape index (κ3) is 4.88. The fourth-order valence-corrected chi connectivity index (χ4v) is 3.59. The van der Waals surface area contributed by atoms with Gasteiger partial charge < -0.3 is 20.6 Å². The maximum atomic E-state index is 12.1. The second kappa shape index (κ2) is 7.11. The van der Waals surface area contributed by atoms with Crippen molar-refractivity contribution in [2.75, 3.05) is 19.6 Å². The fourth-order valence-electron chi connectivity index (χ4n) is 3.59. The number of carbonyl (C=O) groups is 2. The number of amides is 2. The molecular weight excluding hydrogens is 270 g/mol. The molecule has 2 aliphatic rings. The highest BCUT2D eigenvalue weighted by Gasteiger charge is 2.37. The van der Waals surface area contributed by atoms with Gasteiger partial charge in [-0.2, -0.15) is 0 Å². The summed E-state index contributed by atoms with van der Waals surface area (Å²) in [6, 6.07) is -0.156. The van der Waals surface area contributed by atoms with Crippen molar-refractivity contribution in [3.63, 3.8) is 0 Å². The average Bonchev–Trinajstić information content (AvgIpc) is 3.00. The molecule has 1 saturated heterocycles.